The zero-order chi connectivity index (χ0) is 12.3. The summed E-state index contributed by atoms with van der Waals surface area (Å²) in [5, 5.41) is 9.14. The molecule has 1 N–H and O–H groups in total. The third kappa shape index (κ3) is 2.64. The highest BCUT2D eigenvalue weighted by Gasteiger charge is 2.30. The Morgan fingerprint density at radius 1 is 1.59 bits per heavy atom. The van der Waals surface area contributed by atoms with Crippen LogP contribution in [0.4, 0.5) is 0 Å². The zero-order valence-electron chi connectivity index (χ0n) is 10.0. The molecule has 2 rings (SSSR count). The molecule has 2 heterocycles. The van der Waals surface area contributed by atoms with Gasteiger partial charge in [-0.1, -0.05) is 12.5 Å². The molecule has 4 heteroatoms. The lowest BCUT2D eigenvalue weighted by Crippen LogP contribution is -2.44. The Balaban J connectivity index is 2.21. The normalized spacial score (nSPS) is 23.2. The molecule has 1 aromatic heterocycles. The van der Waals surface area contributed by atoms with Crippen molar-refractivity contribution in [1.29, 1.82) is 0 Å². The van der Waals surface area contributed by atoms with Crippen LogP contribution in [0.25, 0.3) is 0 Å². The highest BCUT2D eigenvalue weighted by molar-refractivity contribution is 5.73. The van der Waals surface area contributed by atoms with Crippen LogP contribution in [0.15, 0.2) is 24.5 Å². The molecular weight excluding hydrogens is 216 g/mol. The number of hydrogen-bond donors (Lipinski definition) is 1. The molecule has 0 bridgehead atoms. The molecule has 2 atom stereocenters. The first-order valence-corrected chi connectivity index (χ1v) is 6.08. The predicted octanol–water partition coefficient (Wildman–Crippen LogP) is 2.08. The van der Waals surface area contributed by atoms with Gasteiger partial charge < -0.3 is 5.11 Å². The van der Waals surface area contributed by atoms with Crippen LogP contribution in [-0.2, 0) is 4.79 Å². The van der Waals surface area contributed by atoms with Gasteiger partial charge in [-0.05, 0) is 37.9 Å². The maximum Gasteiger partial charge on any atom is 0.320 e. The second-order valence-corrected chi connectivity index (χ2v) is 4.55. The van der Waals surface area contributed by atoms with Crippen molar-refractivity contribution in [3.05, 3.63) is 30.1 Å². The summed E-state index contributed by atoms with van der Waals surface area (Å²) in [6, 6.07) is 3.71. The second-order valence-electron chi connectivity index (χ2n) is 4.55. The van der Waals surface area contributed by atoms with Crippen LogP contribution >= 0.6 is 0 Å². The minimum absolute atomic E-state index is 0.198. The average Bonchev–Trinajstić information content (AvgIpc) is 2.39. The van der Waals surface area contributed by atoms with E-state index in [-0.39, 0.29) is 6.04 Å². The molecule has 1 aliphatic heterocycles. The lowest BCUT2D eigenvalue weighted by Gasteiger charge is -2.38. The van der Waals surface area contributed by atoms with Gasteiger partial charge >= 0.3 is 5.97 Å². The van der Waals surface area contributed by atoms with Gasteiger partial charge in [0.05, 0.1) is 0 Å². The van der Waals surface area contributed by atoms with Crippen molar-refractivity contribution in [2.75, 3.05) is 6.54 Å². The molecule has 92 valence electrons. The fourth-order valence-electron chi connectivity index (χ4n) is 2.49. The average molecular weight is 234 g/mol. The van der Waals surface area contributed by atoms with Crippen molar-refractivity contribution in [3.8, 4) is 0 Å². The van der Waals surface area contributed by atoms with Crippen LogP contribution < -0.4 is 0 Å². The minimum atomic E-state index is -0.749. The Labute approximate surface area is 101 Å². The first-order chi connectivity index (χ1) is 8.20. The maximum absolute atomic E-state index is 11.1. The molecule has 0 amide bonds. The molecule has 0 spiro atoms. The summed E-state index contributed by atoms with van der Waals surface area (Å²) in [6.07, 6.45) is 6.84. The van der Waals surface area contributed by atoms with Crippen molar-refractivity contribution in [3.63, 3.8) is 0 Å². The number of aliphatic carboxylic acids is 1. The van der Waals surface area contributed by atoms with Crippen LogP contribution in [-0.4, -0.2) is 33.5 Å². The Morgan fingerprint density at radius 2 is 2.41 bits per heavy atom. The molecule has 0 unspecified atom stereocenters. The third-order valence-corrected chi connectivity index (χ3v) is 3.47. The molecule has 4 nitrogen and oxygen atoms in total. The number of likely N-dealkylation sites (tertiary alicyclic amines) is 1. The van der Waals surface area contributed by atoms with Gasteiger partial charge in [0.15, 0.2) is 0 Å². The van der Waals surface area contributed by atoms with Gasteiger partial charge in [0.2, 0.25) is 0 Å². The quantitative estimate of drug-likeness (QED) is 0.870. The van der Waals surface area contributed by atoms with Crippen LogP contribution in [0.5, 0.6) is 0 Å². The summed E-state index contributed by atoms with van der Waals surface area (Å²) < 4.78 is 0. The Morgan fingerprint density at radius 3 is 3.06 bits per heavy atom. The Kier molecular flexibility index (Phi) is 3.74. The van der Waals surface area contributed by atoms with E-state index in [1.54, 1.807) is 13.1 Å². The summed E-state index contributed by atoms with van der Waals surface area (Å²) in [4.78, 5) is 17.3. The van der Waals surface area contributed by atoms with Gasteiger partial charge in [-0.2, -0.15) is 0 Å². The second kappa shape index (κ2) is 5.27. The molecular formula is C13H18N2O2. The zero-order valence-corrected chi connectivity index (χ0v) is 10.0. The van der Waals surface area contributed by atoms with E-state index in [0.717, 1.165) is 31.4 Å². The molecule has 0 radical (unpaired) electrons. The van der Waals surface area contributed by atoms with Gasteiger partial charge in [-0.25, -0.2) is 0 Å². The summed E-state index contributed by atoms with van der Waals surface area (Å²) in [6.45, 7) is 2.62. The highest BCUT2D eigenvalue weighted by atomic mass is 16.4. The first kappa shape index (κ1) is 12.0. The highest BCUT2D eigenvalue weighted by Crippen LogP contribution is 2.31. The van der Waals surface area contributed by atoms with Gasteiger partial charge in [0.1, 0.15) is 6.04 Å². The predicted molar refractivity (Wildman–Crippen MR) is 64.6 cm³/mol. The number of aromatic nitrogens is 1. The number of carbonyl (C=O) groups is 1. The third-order valence-electron chi connectivity index (χ3n) is 3.47. The van der Waals surface area contributed by atoms with Crippen molar-refractivity contribution >= 4 is 5.97 Å². The van der Waals surface area contributed by atoms with Crippen LogP contribution in [0.3, 0.4) is 0 Å². The topological polar surface area (TPSA) is 53.4 Å². The lowest BCUT2D eigenvalue weighted by molar-refractivity contribution is -0.144. The maximum atomic E-state index is 11.1. The number of piperidine rings is 1. The number of nitrogens with zero attached hydrogens (tertiary/aromatic N) is 2. The first-order valence-electron chi connectivity index (χ1n) is 6.08. The fraction of sp³-hybridized carbons (Fsp3) is 0.538. The lowest BCUT2D eigenvalue weighted by atomic mass is 9.95. The summed E-state index contributed by atoms with van der Waals surface area (Å²) >= 11 is 0. The van der Waals surface area contributed by atoms with Crippen molar-refractivity contribution in [1.82, 2.24) is 9.88 Å². The molecule has 1 fully saturated rings. The molecule has 1 aliphatic rings. The number of carboxylic acid groups (broad SMARTS) is 1. The summed E-state index contributed by atoms with van der Waals surface area (Å²) in [7, 11) is 0. The largest absolute Gasteiger partial charge is 0.480 e. The van der Waals surface area contributed by atoms with E-state index in [9.17, 15) is 4.79 Å². The molecule has 1 saturated heterocycles. The van der Waals surface area contributed by atoms with Crippen LogP contribution in [0, 0.1) is 0 Å². The van der Waals surface area contributed by atoms with Crippen molar-refractivity contribution in [2.45, 2.75) is 38.3 Å². The van der Waals surface area contributed by atoms with Crippen LogP contribution in [0.2, 0.25) is 0 Å². The number of pyridine rings is 1. The monoisotopic (exact) mass is 234 g/mol. The smallest absolute Gasteiger partial charge is 0.320 e. The SMILES string of the molecule is C[C@H](C(=O)O)N1CCCC[C@@H]1c1cccnc1. The van der Waals surface area contributed by atoms with Gasteiger partial charge in [0.25, 0.3) is 0 Å². The number of hydrogen-bond acceptors (Lipinski definition) is 3. The Hall–Kier alpha value is -1.42. The number of carboxylic acids is 1. The van der Waals surface area contributed by atoms with Gasteiger partial charge in [0, 0.05) is 18.4 Å². The van der Waals surface area contributed by atoms with E-state index in [0.29, 0.717) is 0 Å². The van der Waals surface area contributed by atoms with E-state index < -0.39 is 12.0 Å². The Bertz CT molecular complexity index is 380. The molecule has 0 saturated carbocycles. The standard InChI is InChI=1S/C13H18N2O2/c1-10(13(16)17)15-8-3-2-6-12(15)11-5-4-7-14-9-11/h4-5,7,9-10,12H,2-3,6,8H2,1H3,(H,16,17)/t10-,12-/m1/s1. The molecule has 1 aromatic rings. The van der Waals surface area contributed by atoms with Gasteiger partial charge in [-0.3, -0.25) is 14.7 Å². The van der Waals surface area contributed by atoms with Crippen molar-refractivity contribution < 1.29 is 9.90 Å². The van der Waals surface area contributed by atoms with Crippen molar-refractivity contribution in [2.24, 2.45) is 0 Å². The van der Waals surface area contributed by atoms with E-state index in [1.807, 2.05) is 18.3 Å². The fourth-order valence-corrected chi connectivity index (χ4v) is 2.49. The van der Waals surface area contributed by atoms with E-state index >= 15 is 0 Å². The van der Waals surface area contributed by atoms with E-state index in [2.05, 4.69) is 9.88 Å². The summed E-state index contributed by atoms with van der Waals surface area (Å²) in [5.74, 6) is -0.749. The van der Waals surface area contributed by atoms with Crippen LogP contribution in [0.1, 0.15) is 37.8 Å². The number of rotatable bonds is 3. The van der Waals surface area contributed by atoms with E-state index in [1.165, 1.54) is 0 Å². The summed E-state index contributed by atoms with van der Waals surface area (Å²) in [5.41, 5.74) is 1.13. The molecule has 17 heavy (non-hydrogen) atoms. The van der Waals surface area contributed by atoms with Gasteiger partial charge in [-0.15, -0.1) is 0 Å². The molecule has 0 aromatic carbocycles. The minimum Gasteiger partial charge on any atom is -0.480 e. The molecule has 0 aliphatic carbocycles. The van der Waals surface area contributed by atoms with E-state index in [4.69, 9.17) is 5.11 Å².